The Morgan fingerprint density at radius 2 is 1.38 bits per heavy atom. The van der Waals surface area contributed by atoms with Gasteiger partial charge in [0.25, 0.3) is 0 Å². The monoisotopic (exact) mass is 926 g/mol. The van der Waals surface area contributed by atoms with Crippen LogP contribution in [-0.4, -0.2) is 168 Å². The highest BCUT2D eigenvalue weighted by atomic mass is 16.8. The molecular formula is C47H74O18. The van der Waals surface area contributed by atoms with Crippen LogP contribution in [-0.2, 0) is 38.0 Å². The van der Waals surface area contributed by atoms with Crippen molar-refractivity contribution in [3.63, 3.8) is 0 Å². The molecule has 22 atom stereocenters. The lowest BCUT2D eigenvalue weighted by molar-refractivity contribution is -0.366. The number of esters is 1. The van der Waals surface area contributed by atoms with E-state index in [-0.39, 0.29) is 46.0 Å². The van der Waals surface area contributed by atoms with Gasteiger partial charge in [-0.25, -0.2) is 4.79 Å². The van der Waals surface area contributed by atoms with Crippen LogP contribution in [0.1, 0.15) is 113 Å². The Morgan fingerprint density at radius 3 is 2.06 bits per heavy atom. The van der Waals surface area contributed by atoms with Crippen molar-refractivity contribution in [1.29, 1.82) is 0 Å². The number of hydrogen-bond acceptors (Lipinski definition) is 17. The summed E-state index contributed by atoms with van der Waals surface area (Å²) >= 11 is 0. The van der Waals surface area contributed by atoms with Crippen molar-refractivity contribution in [2.24, 2.45) is 50.2 Å². The van der Waals surface area contributed by atoms with E-state index in [9.17, 15) is 60.7 Å². The van der Waals surface area contributed by atoms with Gasteiger partial charge in [0.2, 0.25) is 6.29 Å². The first-order valence-electron chi connectivity index (χ1n) is 23.7. The Balaban J connectivity index is 1.05. The van der Waals surface area contributed by atoms with Gasteiger partial charge in [-0.15, -0.1) is 0 Å². The molecule has 0 bridgehead atoms. The molecule has 8 aliphatic rings. The van der Waals surface area contributed by atoms with E-state index in [0.717, 1.165) is 44.9 Å². The fraction of sp³-hybridized carbons (Fsp3) is 0.915. The number of carbonyl (C=O) groups is 2. The summed E-state index contributed by atoms with van der Waals surface area (Å²) in [5.41, 5.74) is -0.900. The summed E-state index contributed by atoms with van der Waals surface area (Å²) in [7, 11) is 0. The van der Waals surface area contributed by atoms with E-state index in [1.165, 1.54) is 5.57 Å². The fourth-order valence-electron chi connectivity index (χ4n) is 14.7. The van der Waals surface area contributed by atoms with Gasteiger partial charge in [-0.3, -0.25) is 4.79 Å². The van der Waals surface area contributed by atoms with Crippen molar-refractivity contribution in [1.82, 2.24) is 0 Å². The molecule has 5 aliphatic carbocycles. The Bertz CT molecular complexity index is 1820. The fourth-order valence-corrected chi connectivity index (χ4v) is 14.7. The first-order chi connectivity index (χ1) is 30.3. The normalized spacial score (nSPS) is 52.7. The topological polar surface area (TPSA) is 292 Å². The van der Waals surface area contributed by atoms with Crippen molar-refractivity contribution in [3.8, 4) is 0 Å². The molecule has 18 heteroatoms. The summed E-state index contributed by atoms with van der Waals surface area (Å²) in [6.07, 6.45) is -13.7. The average Bonchev–Trinajstić information content (AvgIpc) is 3.24. The lowest BCUT2D eigenvalue weighted by Gasteiger charge is -2.71. The maximum absolute atomic E-state index is 14.7. The minimum atomic E-state index is -1.92. The number of rotatable bonds is 8. The molecule has 0 aromatic heterocycles. The summed E-state index contributed by atoms with van der Waals surface area (Å²) in [5, 5.41) is 105. The van der Waals surface area contributed by atoms with E-state index in [0.29, 0.717) is 19.3 Å². The van der Waals surface area contributed by atoms with Gasteiger partial charge in [0.05, 0.1) is 24.7 Å². The Hall–Kier alpha value is -1.88. The van der Waals surface area contributed by atoms with Gasteiger partial charge in [-0.1, -0.05) is 60.1 Å². The minimum absolute atomic E-state index is 0.0713. The van der Waals surface area contributed by atoms with E-state index >= 15 is 0 Å². The number of hydrogen-bond donors (Lipinski definition) is 10. The van der Waals surface area contributed by atoms with Gasteiger partial charge < -0.3 is 79.5 Å². The molecule has 65 heavy (non-hydrogen) atoms. The van der Waals surface area contributed by atoms with Crippen LogP contribution in [0.5, 0.6) is 0 Å². The van der Waals surface area contributed by atoms with Crippen molar-refractivity contribution in [3.05, 3.63) is 11.6 Å². The summed E-state index contributed by atoms with van der Waals surface area (Å²) in [4.78, 5) is 26.9. The number of ether oxygens (including phenoxy) is 6. The van der Waals surface area contributed by atoms with Gasteiger partial charge >= 0.3 is 11.9 Å². The second-order valence-electron chi connectivity index (χ2n) is 23.1. The minimum Gasteiger partial charge on any atom is -0.479 e. The van der Waals surface area contributed by atoms with Crippen molar-refractivity contribution >= 4 is 11.9 Å². The molecule has 8 rings (SSSR count). The first kappa shape index (κ1) is 49.5. The number of carbonyl (C=O) groups excluding carboxylic acids is 1. The second kappa shape index (κ2) is 17.2. The van der Waals surface area contributed by atoms with E-state index in [4.69, 9.17) is 28.4 Å². The van der Waals surface area contributed by atoms with Crippen LogP contribution in [0.2, 0.25) is 0 Å². The lowest BCUT2D eigenvalue weighted by Crippen LogP contribution is -2.67. The Kier molecular flexibility index (Phi) is 13.1. The molecular weight excluding hydrogens is 852 g/mol. The van der Waals surface area contributed by atoms with Crippen LogP contribution >= 0.6 is 0 Å². The van der Waals surface area contributed by atoms with Crippen LogP contribution < -0.4 is 0 Å². The Morgan fingerprint density at radius 1 is 0.708 bits per heavy atom. The smallest absolute Gasteiger partial charge is 0.335 e. The quantitative estimate of drug-likeness (QED) is 0.0918. The number of carboxylic acids is 1. The molecule has 3 aliphatic heterocycles. The molecule has 18 nitrogen and oxygen atoms in total. The first-order valence-corrected chi connectivity index (χ1v) is 23.7. The van der Waals surface area contributed by atoms with E-state index < -0.39 is 121 Å². The van der Waals surface area contributed by atoms with Crippen LogP contribution in [0.15, 0.2) is 11.6 Å². The average molecular weight is 927 g/mol. The second-order valence-corrected chi connectivity index (χ2v) is 23.1. The zero-order valence-electron chi connectivity index (χ0n) is 38.7. The van der Waals surface area contributed by atoms with Gasteiger partial charge in [0.15, 0.2) is 18.7 Å². The highest BCUT2D eigenvalue weighted by molar-refractivity contribution is 5.79. The zero-order chi connectivity index (χ0) is 47.6. The standard InChI is InChI=1S/C47H74O18/c1-42(2)14-16-47(41(59)65-39-34(56)30(52)29(51)24(19-48)61-39)17-15-45(6)21(22(47)18-42)8-9-26-44(5)12-11-27(43(3,4)25(44)10-13-46(26,45)7)62-40-36(32(54)31(53)35(63-40)37(57)58)64-38-33(55)28(50)23(49)20-60-38/h8,22-36,38-40,48-56H,9-20H2,1-7H3,(H,57,58)/t22-,23-,24-,25?,26?,27+,28+,29-,30+,31+,32+,33-,34-,35+,36-,38+,39+,40-,44+,45-,46-,47+/m1/s1. The van der Waals surface area contributed by atoms with Gasteiger partial charge in [-0.2, -0.15) is 0 Å². The zero-order valence-corrected chi connectivity index (χ0v) is 38.7. The number of carboxylic acid groups (broad SMARTS) is 1. The van der Waals surface area contributed by atoms with Crippen molar-refractivity contribution in [2.45, 2.75) is 205 Å². The molecule has 0 radical (unpaired) electrons. The maximum Gasteiger partial charge on any atom is 0.335 e. The van der Waals surface area contributed by atoms with Crippen LogP contribution in [0.4, 0.5) is 0 Å². The number of aliphatic hydroxyl groups is 9. The number of fused-ring (bicyclic) bond motifs is 7. The third kappa shape index (κ3) is 7.76. The number of allylic oxidation sites excluding steroid dienone is 2. The highest BCUT2D eigenvalue weighted by Crippen LogP contribution is 2.76. The van der Waals surface area contributed by atoms with Gasteiger partial charge in [-0.05, 0) is 109 Å². The number of aliphatic carboxylic acids is 1. The lowest BCUT2D eigenvalue weighted by atomic mass is 9.33. The number of aliphatic hydroxyl groups excluding tert-OH is 9. The molecule has 4 saturated carbocycles. The third-order valence-electron chi connectivity index (χ3n) is 18.9. The van der Waals surface area contributed by atoms with E-state index in [1.807, 2.05) is 0 Å². The van der Waals surface area contributed by atoms with Crippen LogP contribution in [0, 0.1) is 50.2 Å². The summed E-state index contributed by atoms with van der Waals surface area (Å²) in [5.74, 6) is -1.83. The molecule has 0 aromatic carbocycles. The van der Waals surface area contributed by atoms with Crippen LogP contribution in [0.3, 0.4) is 0 Å². The molecule has 370 valence electrons. The molecule has 0 spiro atoms. The summed E-state index contributed by atoms with van der Waals surface area (Å²) in [6.45, 7) is 14.9. The predicted octanol–water partition coefficient (Wildman–Crippen LogP) is 0.872. The van der Waals surface area contributed by atoms with Crippen molar-refractivity contribution < 1.29 is 89.1 Å². The van der Waals surface area contributed by atoms with E-state index in [1.54, 1.807) is 0 Å². The molecule has 0 aromatic rings. The molecule has 3 saturated heterocycles. The van der Waals surface area contributed by atoms with Gasteiger partial charge in [0.1, 0.15) is 61.0 Å². The molecule has 2 unspecified atom stereocenters. The summed E-state index contributed by atoms with van der Waals surface area (Å²) < 4.78 is 35.5. The third-order valence-corrected chi connectivity index (χ3v) is 18.9. The van der Waals surface area contributed by atoms with Crippen LogP contribution in [0.25, 0.3) is 0 Å². The maximum atomic E-state index is 14.7. The molecule has 7 fully saturated rings. The van der Waals surface area contributed by atoms with Gasteiger partial charge in [0, 0.05) is 0 Å². The van der Waals surface area contributed by atoms with E-state index in [2.05, 4.69) is 54.5 Å². The predicted molar refractivity (Wildman–Crippen MR) is 225 cm³/mol. The Labute approximate surface area is 380 Å². The van der Waals surface area contributed by atoms with Crippen molar-refractivity contribution in [2.75, 3.05) is 13.2 Å². The summed E-state index contributed by atoms with van der Waals surface area (Å²) in [6, 6.07) is 0. The SMILES string of the molecule is CC1(C)CC[C@]2(C(=O)O[C@@H]3O[C@H](CO)[C@@H](O)[C@H](O)[C@H]3O)CC[C@]3(C)C(=CCC4[C@@]5(C)CC[C@H](O[C@@H]6O[C@H](C(=O)O)[C@@H](O)[C@H](O)[C@H]6O[C@@H]6OC[C@@H](O)[C@H](O)[C@H]6O)C(C)(C)C5CC[C@]43C)[C@H]2C1. The molecule has 10 N–H and O–H groups in total. The largest absolute Gasteiger partial charge is 0.479 e. The highest BCUT2D eigenvalue weighted by Gasteiger charge is 2.70. The molecule has 3 heterocycles. The molecule has 0 amide bonds.